The Morgan fingerprint density at radius 3 is 1.00 bits per heavy atom. The van der Waals surface area contributed by atoms with Gasteiger partial charge in [0.25, 0.3) is 5.79 Å². The van der Waals surface area contributed by atoms with Crippen LogP contribution in [0.2, 0.25) is 0 Å². The van der Waals surface area contributed by atoms with Crippen LogP contribution in [0, 0.1) is 0 Å². The molecule has 11 aliphatic heterocycles. The van der Waals surface area contributed by atoms with Crippen LogP contribution in [-0.2, 0) is 123 Å². The molecule has 140 heavy (non-hydrogen) atoms. The summed E-state index contributed by atoms with van der Waals surface area (Å²) in [6, 6.07) is -7.60. The Kier molecular flexibility index (Phi) is 41.3. The van der Waals surface area contributed by atoms with Crippen LogP contribution in [0.4, 0.5) is 0 Å². The van der Waals surface area contributed by atoms with Gasteiger partial charge in [-0.1, -0.05) is 0 Å². The Morgan fingerprint density at radius 1 is 0.293 bits per heavy atom. The number of carboxylic acids is 1. The minimum Gasteiger partial charge on any atom is -0.477 e. The number of aliphatic carboxylic acids is 1. The van der Waals surface area contributed by atoms with Gasteiger partial charge in [-0.15, -0.1) is 0 Å². The van der Waals surface area contributed by atoms with Gasteiger partial charge in [0.1, 0.15) is 262 Å². The second-order valence-corrected chi connectivity index (χ2v) is 35.3. The number of hydrogen-bond donors (Lipinski definition) is 37. The van der Waals surface area contributed by atoms with Crippen LogP contribution in [0.5, 0.6) is 0 Å². The molecule has 11 saturated heterocycles. The third-order valence-electron chi connectivity index (χ3n) is 25.5. The minimum atomic E-state index is -3.13. The van der Waals surface area contributed by atoms with Crippen LogP contribution in [0.15, 0.2) is 0 Å². The van der Waals surface area contributed by atoms with Crippen molar-refractivity contribution in [1.82, 2.24) is 21.3 Å². The molecule has 0 spiro atoms. The molecular formula is C77H128N4O59. The van der Waals surface area contributed by atoms with Crippen molar-refractivity contribution >= 4 is 29.6 Å². The number of aliphatic hydroxyl groups excluding tert-OH is 32. The van der Waals surface area contributed by atoms with E-state index in [0.717, 1.165) is 27.7 Å². The fraction of sp³-hybridized carbons (Fsp3) is 0.935. The lowest BCUT2D eigenvalue weighted by Gasteiger charge is -2.51. The van der Waals surface area contributed by atoms with Crippen LogP contribution in [0.1, 0.15) is 34.1 Å². The first kappa shape index (κ1) is 116. The predicted molar refractivity (Wildman–Crippen MR) is 426 cm³/mol. The molecule has 63 heteroatoms. The second kappa shape index (κ2) is 50.0. The van der Waals surface area contributed by atoms with Gasteiger partial charge < -0.3 is 289 Å². The summed E-state index contributed by atoms with van der Waals surface area (Å²) in [4.78, 5) is 64.0. The number of ether oxygens (including phenoxy) is 21. The molecule has 0 aromatic heterocycles. The van der Waals surface area contributed by atoms with Crippen LogP contribution in [-0.4, -0.2) is 614 Å². The topological polar surface area (TPSA) is 995 Å². The predicted octanol–water partition coefficient (Wildman–Crippen LogP) is -25.2. The van der Waals surface area contributed by atoms with E-state index in [0.29, 0.717) is 0 Å². The molecule has 11 aliphatic rings. The van der Waals surface area contributed by atoms with Gasteiger partial charge in [-0.05, 0) is 0 Å². The molecule has 11 fully saturated rings. The molecule has 810 valence electrons. The molecule has 56 atom stereocenters. The van der Waals surface area contributed by atoms with E-state index in [1.165, 1.54) is 0 Å². The number of carbonyl (C=O) groups is 5. The van der Waals surface area contributed by atoms with E-state index in [2.05, 4.69) is 21.3 Å². The van der Waals surface area contributed by atoms with Crippen molar-refractivity contribution < 1.29 is 292 Å². The number of nitrogens with one attached hydrogen (secondary N) is 4. The lowest BCUT2D eigenvalue weighted by Crippen LogP contribution is -2.71. The zero-order valence-corrected chi connectivity index (χ0v) is 74.6. The summed E-state index contributed by atoms with van der Waals surface area (Å²) < 4.78 is 124. The SMILES string of the molecule is CC(=O)N[C@@H]1[C@@H](O)[C@H](O[C@@H]2O[C@H](CO)[C@@H](O[C@@H]3O[C@H](CO[C@H]4O[C@H](CO[C@H]5O[C@H](CO)[C@@H](O)[C@H](O)[C@@H]5O[C@H]5O[C@H](CO)[C@@H](O)[C@H](O)[C@@H]5O)[C@@H](O)[C@H](O[C@H]5O[C@H](CO)[C@@H](O)[C@H](O)[C@@H]5O)[C@@H]4O)[C@@H](O)[C@H](O[C@H]4O[C@H](CO)[C@@H](O)[C@H](O)[C@@H]4O[C@@H]4O[C@H](CO)[C@@H](O[C@@H]5O[C@H](CO[C@]6(C(=O)O)C[C@H](O)[C@@H](NC(C)=O)[C@H]([C@H](O)[C@H](O)CO)O6)[C@H](O)[C@H](O)[C@H]5O)[C@H](O)[C@H]4NC(C)=O)[C@@H]3O)[C@H](O)[C@H]2NC(C)=O)[C@@H](CO)O[C@H]1O. The van der Waals surface area contributed by atoms with Crippen molar-refractivity contribution in [3.8, 4) is 0 Å². The highest BCUT2D eigenvalue weighted by Crippen LogP contribution is 2.43. The summed E-state index contributed by atoms with van der Waals surface area (Å²) in [6.45, 7) is -9.46. The largest absolute Gasteiger partial charge is 0.477 e. The molecule has 0 radical (unpaired) electrons. The standard InChI is InChI=1S/C77H128N4O59/c1-17(90)78-33-21(94)5-77(76(118)119,140-61(33)37(96)22(95)6-82)122-16-32-42(101)50(109)55(114)72(132-32)134-59-28(12-88)129-68(36(47(59)106)81-20(4)93)138-65-52(111)41(100)26(10-86)127-75(65)137-63-44(103)31(131-73(57(63)116)135-60-29(13-89)128-67(35(46(60)105)80-19(3)92)133-58-27(11-87)123-66(117)34(45(58)104)79-18(2)91)14-120-69-56(115)62(136-70-53(112)48(107)38(97)23(7-83)124-70)43(102)30(130-69)15-121-74-64(51(110)40(99)25(9-85)126-74)139-71-54(113)49(108)39(98)24(8-84)125-71/h21-75,82-89,94-117H,5-16H2,1-4H3,(H,78,90)(H,79,91)(H,80,92)(H,81,93)(H,118,119)/t21-,22+,23+,24+,25+,26+,27+,28+,29+,30+,31+,32+,33+,34+,35+,36+,37+,38+,39+,40+,41+,42-,43+,44+,45+,46+,47+,48-,49-,50-,51-,52-,53-,54-,55+,56-,57-,58+,59+,60+,61+,62-,63-,64-,65-,66+,67-,68-,69-,70+,71+,72-,73-,74-,75+,77+/m0/s1. The quantitative estimate of drug-likeness (QED) is 0.0273. The number of carboxylic acid groups (broad SMARTS) is 1. The molecule has 11 rings (SSSR count). The number of amides is 4. The van der Waals surface area contributed by atoms with Crippen molar-refractivity contribution in [2.75, 3.05) is 72.7 Å². The van der Waals surface area contributed by atoms with Gasteiger partial charge in [-0.3, -0.25) is 19.2 Å². The van der Waals surface area contributed by atoms with Crippen molar-refractivity contribution in [2.45, 2.75) is 377 Å². The summed E-state index contributed by atoms with van der Waals surface area (Å²) in [5.74, 6) is -8.99. The third-order valence-corrected chi connectivity index (χ3v) is 25.5. The van der Waals surface area contributed by atoms with Crippen molar-refractivity contribution in [2.24, 2.45) is 0 Å². The molecular weight excluding hydrogens is 1920 g/mol. The maximum atomic E-state index is 13.3. The molecule has 0 bridgehead atoms. The van der Waals surface area contributed by atoms with Crippen LogP contribution in [0.25, 0.3) is 0 Å². The zero-order chi connectivity index (χ0) is 103. The Labute approximate surface area is 790 Å². The lowest BCUT2D eigenvalue weighted by molar-refractivity contribution is -0.399. The normalized spacial score (nSPS) is 48.6. The third kappa shape index (κ3) is 25.3. The minimum absolute atomic E-state index is 0.832. The second-order valence-electron chi connectivity index (χ2n) is 35.3. The van der Waals surface area contributed by atoms with Crippen LogP contribution >= 0.6 is 0 Å². The maximum absolute atomic E-state index is 13.3. The highest BCUT2D eigenvalue weighted by Gasteiger charge is 2.64. The molecule has 0 unspecified atom stereocenters. The zero-order valence-electron chi connectivity index (χ0n) is 74.6. The number of rotatable bonds is 38. The van der Waals surface area contributed by atoms with Gasteiger partial charge in [-0.25, -0.2) is 4.79 Å². The molecule has 0 saturated carbocycles. The van der Waals surface area contributed by atoms with E-state index < -0.39 is 452 Å². The van der Waals surface area contributed by atoms with E-state index in [-0.39, 0.29) is 0 Å². The highest BCUT2D eigenvalue weighted by atomic mass is 16.8. The fourth-order valence-electron chi connectivity index (χ4n) is 17.9. The molecule has 0 aliphatic carbocycles. The summed E-state index contributed by atoms with van der Waals surface area (Å²) in [7, 11) is 0. The number of aliphatic hydroxyl groups is 32. The Morgan fingerprint density at radius 2 is 0.586 bits per heavy atom. The van der Waals surface area contributed by atoms with Crippen LogP contribution in [0.3, 0.4) is 0 Å². The first-order valence-electron chi connectivity index (χ1n) is 44.3. The Balaban J connectivity index is 0.912. The van der Waals surface area contributed by atoms with Crippen molar-refractivity contribution in [3.05, 3.63) is 0 Å². The first-order valence-corrected chi connectivity index (χ1v) is 44.3. The smallest absolute Gasteiger partial charge is 0.364 e. The van der Waals surface area contributed by atoms with Gasteiger partial charge >= 0.3 is 5.97 Å². The van der Waals surface area contributed by atoms with E-state index in [1.54, 1.807) is 0 Å². The van der Waals surface area contributed by atoms with E-state index in [1.807, 2.05) is 0 Å². The fourth-order valence-corrected chi connectivity index (χ4v) is 17.9. The molecule has 11 heterocycles. The summed E-state index contributed by atoms with van der Waals surface area (Å²) in [6.07, 6.45) is -115. The monoisotopic (exact) mass is 2050 g/mol. The van der Waals surface area contributed by atoms with E-state index >= 15 is 0 Å². The Bertz CT molecular complexity index is 3890. The molecule has 37 N–H and O–H groups in total. The van der Waals surface area contributed by atoms with Gasteiger partial charge in [0.15, 0.2) is 62.9 Å². The Hall–Kier alpha value is -4.77. The summed E-state index contributed by atoms with van der Waals surface area (Å²) in [5, 5.41) is 378. The highest BCUT2D eigenvalue weighted by molar-refractivity contribution is 5.77. The van der Waals surface area contributed by atoms with Gasteiger partial charge in [0.2, 0.25) is 23.6 Å². The van der Waals surface area contributed by atoms with Crippen LogP contribution < -0.4 is 21.3 Å². The van der Waals surface area contributed by atoms with Crippen molar-refractivity contribution in [3.63, 3.8) is 0 Å². The summed E-state index contributed by atoms with van der Waals surface area (Å²) in [5.41, 5.74) is 0. The van der Waals surface area contributed by atoms with Gasteiger partial charge in [-0.2, -0.15) is 0 Å². The summed E-state index contributed by atoms with van der Waals surface area (Å²) >= 11 is 0. The van der Waals surface area contributed by atoms with E-state index in [4.69, 9.17) is 99.5 Å². The van der Waals surface area contributed by atoms with E-state index in [9.17, 15) is 192 Å². The maximum Gasteiger partial charge on any atom is 0.364 e. The van der Waals surface area contributed by atoms with Crippen molar-refractivity contribution in [1.29, 1.82) is 0 Å². The molecule has 4 amide bonds. The average Bonchev–Trinajstić information content (AvgIpc) is 0.757. The molecule has 63 nitrogen and oxygen atoms in total. The lowest BCUT2D eigenvalue weighted by atomic mass is 9.88. The number of carbonyl (C=O) groups excluding carboxylic acids is 4. The first-order chi connectivity index (χ1) is 66.1. The molecule has 0 aromatic rings. The average molecular weight is 2050 g/mol. The van der Waals surface area contributed by atoms with Gasteiger partial charge in [0, 0.05) is 34.1 Å². The van der Waals surface area contributed by atoms with Gasteiger partial charge in [0.05, 0.1) is 84.8 Å². The molecule has 0 aromatic carbocycles. The number of hydrogen-bond acceptors (Lipinski definition) is 58.